The molecular formula is C14H12F3N3OS. The van der Waals surface area contributed by atoms with E-state index in [0.29, 0.717) is 11.4 Å². The molecule has 0 unspecified atom stereocenters. The third-order valence-electron chi connectivity index (χ3n) is 3.36. The van der Waals surface area contributed by atoms with Crippen molar-refractivity contribution in [1.82, 2.24) is 9.88 Å². The minimum atomic E-state index is -4.23. The summed E-state index contributed by atoms with van der Waals surface area (Å²) in [5.41, 5.74) is 3.93. The summed E-state index contributed by atoms with van der Waals surface area (Å²) in [5, 5.41) is 4.34. The second-order valence-corrected chi connectivity index (χ2v) is 5.75. The van der Waals surface area contributed by atoms with Gasteiger partial charge in [0.05, 0.1) is 12.1 Å². The molecule has 0 spiro atoms. The summed E-state index contributed by atoms with van der Waals surface area (Å²) in [7, 11) is 0. The first kappa shape index (κ1) is 15.0. The maximum Gasteiger partial charge on any atom is 0.401 e. The molecule has 1 aromatic carbocycles. The Labute approximate surface area is 128 Å². The van der Waals surface area contributed by atoms with Gasteiger partial charge in [-0.1, -0.05) is 12.1 Å². The van der Waals surface area contributed by atoms with E-state index in [1.165, 1.54) is 16.2 Å². The van der Waals surface area contributed by atoms with Gasteiger partial charge in [0.25, 0.3) is 5.91 Å². The number of nitrogens with zero attached hydrogens (tertiary/aromatic N) is 2. The van der Waals surface area contributed by atoms with Gasteiger partial charge in [-0.2, -0.15) is 13.2 Å². The number of aromatic nitrogens is 1. The zero-order valence-corrected chi connectivity index (χ0v) is 12.2. The molecule has 1 N–H and O–H groups in total. The van der Waals surface area contributed by atoms with E-state index in [9.17, 15) is 18.0 Å². The highest BCUT2D eigenvalue weighted by atomic mass is 32.1. The van der Waals surface area contributed by atoms with E-state index in [2.05, 4.69) is 10.3 Å². The van der Waals surface area contributed by atoms with Crippen LogP contribution in [0.15, 0.2) is 29.1 Å². The van der Waals surface area contributed by atoms with E-state index >= 15 is 0 Å². The summed E-state index contributed by atoms with van der Waals surface area (Å²) >= 11 is 1.31. The molecule has 4 nitrogen and oxygen atoms in total. The minimum absolute atomic E-state index is 0.169. The zero-order chi connectivity index (χ0) is 15.7. The molecule has 0 fully saturated rings. The average Bonchev–Trinajstić information content (AvgIpc) is 3.05. The molecule has 1 aliphatic heterocycles. The summed E-state index contributed by atoms with van der Waals surface area (Å²) < 4.78 is 37.5. The highest BCUT2D eigenvalue weighted by Crippen LogP contribution is 2.31. The van der Waals surface area contributed by atoms with Gasteiger partial charge >= 0.3 is 6.18 Å². The Hall–Kier alpha value is -1.93. The van der Waals surface area contributed by atoms with Gasteiger partial charge in [0.15, 0.2) is 0 Å². The van der Waals surface area contributed by atoms with Crippen molar-refractivity contribution < 1.29 is 18.0 Å². The first-order valence-electron chi connectivity index (χ1n) is 6.52. The van der Waals surface area contributed by atoms with Crippen LogP contribution in [0.3, 0.4) is 0 Å². The van der Waals surface area contributed by atoms with Crippen LogP contribution in [0.2, 0.25) is 0 Å². The van der Waals surface area contributed by atoms with Gasteiger partial charge in [-0.25, -0.2) is 4.98 Å². The van der Waals surface area contributed by atoms with Crippen LogP contribution in [-0.2, 0) is 13.1 Å². The Morgan fingerprint density at radius 3 is 2.86 bits per heavy atom. The van der Waals surface area contributed by atoms with Gasteiger partial charge in [-0.15, -0.1) is 11.3 Å². The molecule has 0 saturated carbocycles. The molecule has 8 heteroatoms. The number of benzene rings is 1. The van der Waals surface area contributed by atoms with Crippen LogP contribution < -0.4 is 5.32 Å². The number of fused-ring (bicyclic) bond motifs is 1. The molecule has 22 heavy (non-hydrogen) atoms. The number of anilines is 1. The van der Waals surface area contributed by atoms with E-state index in [0.717, 1.165) is 11.1 Å². The van der Waals surface area contributed by atoms with E-state index in [1.54, 1.807) is 29.1 Å². The first-order valence-corrected chi connectivity index (χ1v) is 7.46. The van der Waals surface area contributed by atoms with Crippen molar-refractivity contribution in [1.29, 1.82) is 0 Å². The lowest BCUT2D eigenvalue weighted by atomic mass is 10.1. The number of halogens is 3. The van der Waals surface area contributed by atoms with Crippen molar-refractivity contribution in [2.24, 2.45) is 0 Å². The van der Waals surface area contributed by atoms with Gasteiger partial charge < -0.3 is 5.32 Å². The smallest absolute Gasteiger partial charge is 0.320 e. The fraction of sp³-hybridized carbons (Fsp3) is 0.286. The number of alkyl halides is 3. The lowest BCUT2D eigenvalue weighted by molar-refractivity contribution is -0.146. The summed E-state index contributed by atoms with van der Waals surface area (Å²) in [6.45, 7) is -0.557. The lowest BCUT2D eigenvalue weighted by Crippen LogP contribution is -2.30. The highest BCUT2D eigenvalue weighted by Gasteiger charge is 2.34. The molecular weight excluding hydrogens is 315 g/mol. The number of hydrogen-bond acceptors (Lipinski definition) is 4. The van der Waals surface area contributed by atoms with Crippen LogP contribution >= 0.6 is 11.3 Å². The van der Waals surface area contributed by atoms with Crippen LogP contribution in [0, 0.1) is 0 Å². The second-order valence-electron chi connectivity index (χ2n) is 5.03. The summed E-state index contributed by atoms with van der Waals surface area (Å²) in [4.78, 5) is 17.3. The predicted molar refractivity (Wildman–Crippen MR) is 76.7 cm³/mol. The number of carbonyl (C=O) groups excluding carboxylic acids is 1. The normalized spacial score (nSPS) is 14.9. The molecule has 1 aromatic heterocycles. The highest BCUT2D eigenvalue weighted by molar-refractivity contribution is 7.07. The van der Waals surface area contributed by atoms with Gasteiger partial charge in [0.2, 0.25) is 0 Å². The maximum absolute atomic E-state index is 12.5. The van der Waals surface area contributed by atoms with E-state index < -0.39 is 12.7 Å². The standard InChI is InChI=1S/C14H12F3N3OS/c15-14(16,17)7-20-4-9-2-1-3-11(10(9)5-20)19-13(21)12-6-22-8-18-12/h1-3,6,8H,4-5,7H2,(H,19,21). The van der Waals surface area contributed by atoms with E-state index in [4.69, 9.17) is 0 Å². The molecule has 3 rings (SSSR count). The second kappa shape index (κ2) is 5.69. The zero-order valence-electron chi connectivity index (χ0n) is 11.4. The van der Waals surface area contributed by atoms with Gasteiger partial charge in [-0.3, -0.25) is 9.69 Å². The number of nitrogens with one attached hydrogen (secondary N) is 1. The topological polar surface area (TPSA) is 45.2 Å². The lowest BCUT2D eigenvalue weighted by Gasteiger charge is -2.16. The van der Waals surface area contributed by atoms with Crippen LogP contribution in [0.5, 0.6) is 0 Å². The van der Waals surface area contributed by atoms with Crippen molar-refractivity contribution in [2.45, 2.75) is 19.3 Å². The molecule has 1 aliphatic rings. The fourth-order valence-corrected chi connectivity index (χ4v) is 3.02. The molecule has 116 valence electrons. The van der Waals surface area contributed by atoms with Crippen molar-refractivity contribution in [3.05, 3.63) is 45.9 Å². The van der Waals surface area contributed by atoms with E-state index in [1.807, 2.05) is 0 Å². The van der Waals surface area contributed by atoms with Crippen molar-refractivity contribution >= 4 is 22.9 Å². The number of hydrogen-bond donors (Lipinski definition) is 1. The molecule has 2 heterocycles. The SMILES string of the molecule is O=C(Nc1cccc2c1CN(CC(F)(F)F)C2)c1cscn1. The number of carbonyl (C=O) groups is 1. The molecule has 0 atom stereocenters. The van der Waals surface area contributed by atoms with Crippen molar-refractivity contribution in [3.63, 3.8) is 0 Å². The minimum Gasteiger partial charge on any atom is -0.320 e. The quantitative estimate of drug-likeness (QED) is 0.941. The van der Waals surface area contributed by atoms with Crippen molar-refractivity contribution in [2.75, 3.05) is 11.9 Å². The molecule has 1 amide bonds. The Morgan fingerprint density at radius 1 is 1.36 bits per heavy atom. The summed E-state index contributed by atoms with van der Waals surface area (Å²) in [6.07, 6.45) is -4.23. The Bertz CT molecular complexity index is 685. The number of rotatable bonds is 3. The van der Waals surface area contributed by atoms with Crippen LogP contribution in [0.1, 0.15) is 21.6 Å². The third kappa shape index (κ3) is 3.28. The number of thiazole rings is 1. The Morgan fingerprint density at radius 2 is 2.18 bits per heavy atom. The molecule has 0 saturated heterocycles. The molecule has 2 aromatic rings. The fourth-order valence-electron chi connectivity index (χ4n) is 2.48. The monoisotopic (exact) mass is 327 g/mol. The molecule has 0 aliphatic carbocycles. The first-order chi connectivity index (χ1) is 10.4. The Balaban J connectivity index is 1.77. The summed E-state index contributed by atoms with van der Waals surface area (Å²) in [5.74, 6) is -0.357. The van der Waals surface area contributed by atoms with Gasteiger partial charge in [-0.05, 0) is 17.2 Å². The van der Waals surface area contributed by atoms with Crippen molar-refractivity contribution in [3.8, 4) is 0 Å². The molecule has 0 radical (unpaired) electrons. The predicted octanol–water partition coefficient (Wildman–Crippen LogP) is 3.27. The molecule has 0 bridgehead atoms. The van der Waals surface area contributed by atoms with Crippen LogP contribution in [-0.4, -0.2) is 28.5 Å². The summed E-state index contributed by atoms with van der Waals surface area (Å²) in [6, 6.07) is 5.21. The third-order valence-corrected chi connectivity index (χ3v) is 3.95. The van der Waals surface area contributed by atoms with Gasteiger partial charge in [0.1, 0.15) is 5.69 Å². The van der Waals surface area contributed by atoms with Gasteiger partial charge in [0, 0.05) is 24.2 Å². The van der Waals surface area contributed by atoms with Crippen LogP contribution in [0.4, 0.5) is 18.9 Å². The number of amides is 1. The average molecular weight is 327 g/mol. The maximum atomic E-state index is 12.5. The largest absolute Gasteiger partial charge is 0.401 e. The van der Waals surface area contributed by atoms with Crippen LogP contribution in [0.25, 0.3) is 0 Å². The van der Waals surface area contributed by atoms with E-state index in [-0.39, 0.29) is 19.0 Å². The Kier molecular flexibility index (Phi) is 3.88.